The Morgan fingerprint density at radius 3 is 2.32 bits per heavy atom. The molecule has 1 atom stereocenters. The van der Waals surface area contributed by atoms with Crippen molar-refractivity contribution in [3.63, 3.8) is 0 Å². The van der Waals surface area contributed by atoms with Crippen LogP contribution in [0, 0.1) is 0 Å². The molecule has 31 heavy (non-hydrogen) atoms. The van der Waals surface area contributed by atoms with Gasteiger partial charge in [0.1, 0.15) is 17.6 Å². The maximum Gasteiger partial charge on any atom is 0.300 e. The van der Waals surface area contributed by atoms with Crippen LogP contribution in [0.2, 0.25) is 0 Å². The fourth-order valence-electron chi connectivity index (χ4n) is 3.74. The van der Waals surface area contributed by atoms with E-state index in [1.54, 1.807) is 36.4 Å². The third-order valence-corrected chi connectivity index (χ3v) is 6.24. The molecule has 1 saturated heterocycles. The van der Waals surface area contributed by atoms with Gasteiger partial charge in [0.25, 0.3) is 11.7 Å². The van der Waals surface area contributed by atoms with Gasteiger partial charge in [0.15, 0.2) is 0 Å². The molecule has 3 aromatic rings. The Morgan fingerprint density at radius 1 is 1.03 bits per heavy atom. The minimum absolute atomic E-state index is 0.102. The average Bonchev–Trinajstić information content (AvgIpc) is 3.41. The number of aliphatic hydroxyl groups excluding tert-OH is 1. The molecule has 1 N–H and O–H groups in total. The van der Waals surface area contributed by atoms with Crippen LogP contribution in [0.5, 0.6) is 5.75 Å². The number of benzene rings is 2. The normalized spacial score (nSPS) is 17.9. The molecule has 1 aliphatic rings. The number of ketones is 1. The summed E-state index contributed by atoms with van der Waals surface area (Å²) in [5.41, 5.74) is 2.32. The zero-order valence-corrected chi connectivity index (χ0v) is 18.2. The number of ether oxygens (including phenoxy) is 1. The monoisotopic (exact) mass is 433 g/mol. The predicted molar refractivity (Wildman–Crippen MR) is 123 cm³/mol. The summed E-state index contributed by atoms with van der Waals surface area (Å²) < 4.78 is 5.49. The van der Waals surface area contributed by atoms with Crippen molar-refractivity contribution in [2.45, 2.75) is 26.3 Å². The number of hydrogen-bond donors (Lipinski definition) is 1. The minimum Gasteiger partial charge on any atom is -0.507 e. The van der Waals surface area contributed by atoms with Gasteiger partial charge in [-0.05, 0) is 54.6 Å². The molecule has 4 rings (SSSR count). The second-order valence-corrected chi connectivity index (χ2v) is 8.14. The molecule has 0 radical (unpaired) electrons. The summed E-state index contributed by atoms with van der Waals surface area (Å²) in [6.45, 7) is 4.49. The summed E-state index contributed by atoms with van der Waals surface area (Å²) in [5, 5.41) is 13.0. The third kappa shape index (κ3) is 3.86. The van der Waals surface area contributed by atoms with Gasteiger partial charge < -0.3 is 9.84 Å². The van der Waals surface area contributed by atoms with E-state index in [0.29, 0.717) is 23.6 Å². The van der Waals surface area contributed by atoms with Crippen molar-refractivity contribution in [2.75, 3.05) is 11.5 Å². The molecule has 5 nitrogen and oxygen atoms in total. The summed E-state index contributed by atoms with van der Waals surface area (Å²) >= 11 is 1.44. The molecular formula is C25H23NO4S. The zero-order valence-electron chi connectivity index (χ0n) is 17.4. The highest BCUT2D eigenvalue weighted by Gasteiger charge is 2.47. The van der Waals surface area contributed by atoms with Gasteiger partial charge in [0.2, 0.25) is 0 Å². The number of hydrogen-bond acceptors (Lipinski definition) is 5. The number of carbonyl (C=O) groups excluding carboxylic acids is 2. The highest BCUT2D eigenvalue weighted by atomic mass is 32.1. The van der Waals surface area contributed by atoms with Gasteiger partial charge in [0, 0.05) is 16.1 Å². The number of rotatable bonds is 6. The van der Waals surface area contributed by atoms with Crippen LogP contribution in [-0.2, 0) is 16.0 Å². The first-order valence-corrected chi connectivity index (χ1v) is 11.1. The number of Topliss-reactive ketones (excluding diaryl/α,β-unsaturated/α-hetero) is 1. The number of thiophene rings is 1. The molecule has 1 aromatic heterocycles. The molecule has 0 aliphatic carbocycles. The fourth-order valence-corrected chi connectivity index (χ4v) is 4.56. The van der Waals surface area contributed by atoms with E-state index in [0.717, 1.165) is 16.9 Å². The van der Waals surface area contributed by atoms with Gasteiger partial charge in [-0.1, -0.05) is 37.3 Å². The molecule has 2 heterocycles. The van der Waals surface area contributed by atoms with Crippen LogP contribution >= 0.6 is 11.3 Å². The van der Waals surface area contributed by atoms with Crippen molar-refractivity contribution < 1.29 is 19.4 Å². The van der Waals surface area contributed by atoms with E-state index in [4.69, 9.17) is 4.74 Å². The molecule has 1 aliphatic heterocycles. The third-order valence-electron chi connectivity index (χ3n) is 5.32. The number of carbonyl (C=O) groups is 2. The van der Waals surface area contributed by atoms with Crippen molar-refractivity contribution >= 4 is 34.5 Å². The fraction of sp³-hybridized carbons (Fsp3) is 0.200. The van der Waals surface area contributed by atoms with E-state index >= 15 is 0 Å². The Hall–Kier alpha value is -3.38. The van der Waals surface area contributed by atoms with Crippen molar-refractivity contribution in [1.82, 2.24) is 0 Å². The largest absolute Gasteiger partial charge is 0.507 e. The molecule has 0 bridgehead atoms. The zero-order chi connectivity index (χ0) is 22.0. The molecule has 1 unspecified atom stereocenters. The Bertz CT molecular complexity index is 1120. The van der Waals surface area contributed by atoms with E-state index in [-0.39, 0.29) is 11.3 Å². The second kappa shape index (κ2) is 8.78. The standard InChI is InChI=1S/C25H23NO4S/c1-3-16-7-9-17(10-8-16)23(27)21-22(20-6-5-15-31-20)26(25(29)24(21)28)18-11-13-19(14-12-18)30-4-2/h5-15,22,27H,3-4H2,1-2H3/b23-21-. The highest BCUT2D eigenvalue weighted by Crippen LogP contribution is 2.43. The molecule has 1 fully saturated rings. The molecule has 2 aromatic carbocycles. The Labute approximate surface area is 185 Å². The van der Waals surface area contributed by atoms with Crippen molar-refractivity contribution in [1.29, 1.82) is 0 Å². The molecule has 0 saturated carbocycles. The smallest absolute Gasteiger partial charge is 0.300 e. The molecular weight excluding hydrogens is 410 g/mol. The number of aliphatic hydroxyl groups is 1. The molecule has 6 heteroatoms. The van der Waals surface area contributed by atoms with Crippen molar-refractivity contribution in [2.24, 2.45) is 0 Å². The summed E-state index contributed by atoms with van der Waals surface area (Å²) in [6.07, 6.45) is 0.873. The lowest BCUT2D eigenvalue weighted by Gasteiger charge is -2.24. The summed E-state index contributed by atoms with van der Waals surface area (Å²) in [4.78, 5) is 28.4. The molecule has 158 valence electrons. The number of anilines is 1. The average molecular weight is 434 g/mol. The topological polar surface area (TPSA) is 66.8 Å². The van der Waals surface area contributed by atoms with Crippen LogP contribution in [0.1, 0.15) is 35.9 Å². The van der Waals surface area contributed by atoms with E-state index in [2.05, 4.69) is 0 Å². The predicted octanol–water partition coefficient (Wildman–Crippen LogP) is 5.34. The minimum atomic E-state index is -0.691. The first-order chi connectivity index (χ1) is 15.0. The first-order valence-electron chi connectivity index (χ1n) is 10.2. The first kappa shape index (κ1) is 20.9. The number of aryl methyl sites for hydroxylation is 1. The lowest BCUT2D eigenvalue weighted by Crippen LogP contribution is -2.29. The lowest BCUT2D eigenvalue weighted by atomic mass is 9.99. The van der Waals surface area contributed by atoms with Gasteiger partial charge in [-0.15, -0.1) is 11.3 Å². The van der Waals surface area contributed by atoms with Crippen LogP contribution in [0.3, 0.4) is 0 Å². The van der Waals surface area contributed by atoms with Crippen LogP contribution in [0.25, 0.3) is 5.76 Å². The van der Waals surface area contributed by atoms with Gasteiger partial charge in [-0.2, -0.15) is 0 Å². The molecule has 0 spiro atoms. The van der Waals surface area contributed by atoms with Crippen molar-refractivity contribution in [3.8, 4) is 5.75 Å². The summed E-state index contributed by atoms with van der Waals surface area (Å²) in [5.74, 6) is -0.821. The number of amides is 1. The number of nitrogens with zero attached hydrogens (tertiary/aromatic N) is 1. The van der Waals surface area contributed by atoms with Gasteiger partial charge >= 0.3 is 0 Å². The summed E-state index contributed by atoms with van der Waals surface area (Å²) in [6, 6.07) is 17.5. The van der Waals surface area contributed by atoms with Gasteiger partial charge in [-0.25, -0.2) is 0 Å². The SMILES string of the molecule is CCOc1ccc(N2C(=O)C(=O)/C(=C(\O)c3ccc(CC)cc3)C2c2cccs2)cc1. The maximum absolute atomic E-state index is 13.1. The van der Waals surface area contributed by atoms with Gasteiger partial charge in [0.05, 0.1) is 12.2 Å². The lowest BCUT2D eigenvalue weighted by molar-refractivity contribution is -0.132. The second-order valence-electron chi connectivity index (χ2n) is 7.16. The molecule has 1 amide bonds. The van der Waals surface area contributed by atoms with Crippen molar-refractivity contribution in [3.05, 3.63) is 87.6 Å². The Kier molecular flexibility index (Phi) is 5.91. The van der Waals surface area contributed by atoms with Crippen LogP contribution in [0.4, 0.5) is 5.69 Å². The van der Waals surface area contributed by atoms with E-state index in [1.807, 2.05) is 43.5 Å². The van der Waals surface area contributed by atoms with Crippen LogP contribution < -0.4 is 9.64 Å². The van der Waals surface area contributed by atoms with E-state index in [9.17, 15) is 14.7 Å². The highest BCUT2D eigenvalue weighted by molar-refractivity contribution is 7.10. The van der Waals surface area contributed by atoms with Crippen LogP contribution in [-0.4, -0.2) is 23.4 Å². The summed E-state index contributed by atoms with van der Waals surface area (Å²) in [7, 11) is 0. The Morgan fingerprint density at radius 2 is 1.74 bits per heavy atom. The maximum atomic E-state index is 13.1. The van der Waals surface area contributed by atoms with Crippen LogP contribution in [0.15, 0.2) is 71.6 Å². The quantitative estimate of drug-likeness (QED) is 0.324. The van der Waals surface area contributed by atoms with E-state index in [1.165, 1.54) is 16.2 Å². The Balaban J connectivity index is 1.83. The van der Waals surface area contributed by atoms with Gasteiger partial charge in [-0.3, -0.25) is 14.5 Å². The van der Waals surface area contributed by atoms with E-state index < -0.39 is 17.7 Å².